The molecule has 0 bridgehead atoms. The molecule has 1 aromatic heterocycles. The number of nitrogens with zero attached hydrogens (tertiary/aromatic N) is 1. The quantitative estimate of drug-likeness (QED) is 0.274. The Morgan fingerprint density at radius 1 is 0.946 bits per heavy atom. The smallest absolute Gasteiger partial charge is 0.328 e. The van der Waals surface area contributed by atoms with Crippen molar-refractivity contribution in [3.8, 4) is 0 Å². The summed E-state index contributed by atoms with van der Waals surface area (Å²) in [4.78, 5) is 30.4. The van der Waals surface area contributed by atoms with Gasteiger partial charge in [-0.3, -0.25) is 4.79 Å². The lowest BCUT2D eigenvalue weighted by Gasteiger charge is -2.23. The summed E-state index contributed by atoms with van der Waals surface area (Å²) >= 11 is 0. The molecule has 2 aromatic rings. The molecule has 0 unspecified atom stereocenters. The van der Waals surface area contributed by atoms with Crippen LogP contribution in [0.1, 0.15) is 87.4 Å². The number of unbranched alkanes of at least 4 members (excludes halogenated alkanes) is 4. The lowest BCUT2D eigenvalue weighted by Crippen LogP contribution is -2.42. The van der Waals surface area contributed by atoms with E-state index in [0.717, 1.165) is 105 Å². The van der Waals surface area contributed by atoms with Gasteiger partial charge in [0.25, 0.3) is 0 Å². The minimum atomic E-state index is -0.601. The lowest BCUT2D eigenvalue weighted by molar-refractivity contribution is -0.144. The Balaban J connectivity index is 1.22. The van der Waals surface area contributed by atoms with Gasteiger partial charge in [-0.1, -0.05) is 62.1 Å². The van der Waals surface area contributed by atoms with Gasteiger partial charge in [-0.15, -0.1) is 0 Å². The predicted octanol–water partition coefficient (Wildman–Crippen LogP) is 6.01. The highest BCUT2D eigenvalue weighted by atomic mass is 16.5. The summed E-state index contributed by atoms with van der Waals surface area (Å²) in [5.41, 5.74) is 5.52. The highest BCUT2D eigenvalue weighted by molar-refractivity contribution is 6.03. The van der Waals surface area contributed by atoms with Crippen molar-refractivity contribution in [3.63, 3.8) is 0 Å². The first-order chi connectivity index (χ1) is 18.2. The minimum absolute atomic E-state index is 0.124. The van der Waals surface area contributed by atoms with Crippen molar-refractivity contribution in [2.45, 2.75) is 89.5 Å². The second kappa shape index (κ2) is 14.0. The molecule has 1 aromatic carbocycles. The molecule has 0 saturated carbocycles. The molecule has 4 rings (SSSR count). The van der Waals surface area contributed by atoms with E-state index >= 15 is 0 Å². The van der Waals surface area contributed by atoms with Crippen LogP contribution >= 0.6 is 0 Å². The first-order valence-corrected chi connectivity index (χ1v) is 14.0. The fourth-order valence-corrected chi connectivity index (χ4v) is 5.44. The van der Waals surface area contributed by atoms with Crippen LogP contribution < -0.4 is 10.6 Å². The van der Waals surface area contributed by atoms with Crippen LogP contribution in [0.25, 0.3) is 5.57 Å². The first-order valence-electron chi connectivity index (χ1n) is 14.0. The van der Waals surface area contributed by atoms with Gasteiger partial charge in [0.2, 0.25) is 5.91 Å². The molecular formula is C31H41N3O3. The molecule has 2 aliphatic rings. The number of fused-ring (bicyclic) bond motifs is 1. The van der Waals surface area contributed by atoms with E-state index in [2.05, 4.69) is 34.9 Å². The Labute approximate surface area is 221 Å². The van der Waals surface area contributed by atoms with Gasteiger partial charge in [0.15, 0.2) is 0 Å². The van der Waals surface area contributed by atoms with Gasteiger partial charge in [0, 0.05) is 17.8 Å². The largest absolute Gasteiger partial charge is 0.467 e. The highest BCUT2D eigenvalue weighted by Crippen LogP contribution is 2.32. The van der Waals surface area contributed by atoms with Gasteiger partial charge in [0.05, 0.1) is 7.11 Å². The number of anilines is 1. The number of carbonyl (C=O) groups is 2. The number of methoxy groups -OCH3 is 1. The lowest BCUT2D eigenvalue weighted by atomic mass is 9.86. The molecule has 1 atom stereocenters. The average Bonchev–Trinajstić information content (AvgIpc) is 2.95. The van der Waals surface area contributed by atoms with Crippen molar-refractivity contribution in [2.24, 2.45) is 0 Å². The maximum Gasteiger partial charge on any atom is 0.328 e. The highest BCUT2D eigenvalue weighted by Gasteiger charge is 2.26. The van der Waals surface area contributed by atoms with Gasteiger partial charge < -0.3 is 15.4 Å². The van der Waals surface area contributed by atoms with E-state index in [1.807, 2.05) is 18.2 Å². The zero-order valence-electron chi connectivity index (χ0n) is 22.2. The maximum atomic E-state index is 13.2. The molecule has 0 spiro atoms. The van der Waals surface area contributed by atoms with Crippen LogP contribution in [0.4, 0.5) is 5.82 Å². The average molecular weight is 504 g/mol. The third-order valence-electron chi connectivity index (χ3n) is 7.53. The van der Waals surface area contributed by atoms with E-state index in [4.69, 9.17) is 9.72 Å². The number of nitrogens with one attached hydrogen (secondary N) is 2. The molecule has 2 N–H and O–H groups in total. The summed E-state index contributed by atoms with van der Waals surface area (Å²) in [6.07, 6.45) is 12.9. The van der Waals surface area contributed by atoms with Crippen molar-refractivity contribution in [3.05, 3.63) is 64.9 Å². The number of benzene rings is 1. The number of pyridine rings is 1. The van der Waals surface area contributed by atoms with E-state index in [0.29, 0.717) is 6.42 Å². The van der Waals surface area contributed by atoms with Crippen molar-refractivity contribution < 1.29 is 14.3 Å². The third-order valence-corrected chi connectivity index (χ3v) is 7.53. The van der Waals surface area contributed by atoms with E-state index in [-0.39, 0.29) is 11.9 Å². The van der Waals surface area contributed by atoms with Crippen LogP contribution in [0.5, 0.6) is 0 Å². The van der Waals surface area contributed by atoms with E-state index < -0.39 is 6.04 Å². The van der Waals surface area contributed by atoms with Gasteiger partial charge in [-0.05, 0) is 80.6 Å². The van der Waals surface area contributed by atoms with Gasteiger partial charge in [-0.2, -0.15) is 0 Å². The molecule has 0 saturated heterocycles. The Hall–Kier alpha value is -3.15. The molecule has 1 amide bonds. The van der Waals surface area contributed by atoms with Crippen LogP contribution in [-0.2, 0) is 27.2 Å². The Morgan fingerprint density at radius 3 is 2.57 bits per heavy atom. The fraction of sp³-hybridized carbons (Fsp3) is 0.516. The molecule has 1 aliphatic heterocycles. The van der Waals surface area contributed by atoms with Crippen molar-refractivity contribution in [1.29, 1.82) is 0 Å². The maximum absolute atomic E-state index is 13.2. The standard InChI is InChI=1S/C31H41N3O3/c1-37-31(36)28(34-30(35)27-18-11-10-17-26(27)23-13-6-5-7-14-23)19-9-4-2-3-8-16-25-21-20-24-15-12-22-32-29(24)33-25/h5-7,13-14,20-21,28H,2-4,8-12,15-19,22H2,1H3,(H,32,33)(H,34,35)/t28-/m0/s1. The number of carbonyl (C=O) groups excluding carboxylic acids is 2. The molecule has 6 heteroatoms. The number of allylic oxidation sites excluding steroid dienone is 1. The summed E-state index contributed by atoms with van der Waals surface area (Å²) in [5.74, 6) is 0.582. The normalized spacial score (nSPS) is 15.9. The number of rotatable bonds is 12. The first kappa shape index (κ1) is 26.9. The second-order valence-corrected chi connectivity index (χ2v) is 10.2. The van der Waals surface area contributed by atoms with Gasteiger partial charge >= 0.3 is 5.97 Å². The number of hydrogen-bond acceptors (Lipinski definition) is 5. The zero-order chi connectivity index (χ0) is 25.9. The van der Waals surface area contributed by atoms with Crippen LogP contribution in [0.15, 0.2) is 48.0 Å². The van der Waals surface area contributed by atoms with Crippen molar-refractivity contribution >= 4 is 23.3 Å². The molecule has 0 radical (unpaired) electrons. The number of amides is 1. The van der Waals surface area contributed by atoms with E-state index in [1.165, 1.54) is 19.1 Å². The number of ether oxygens (including phenoxy) is 1. The molecular weight excluding hydrogens is 462 g/mol. The Bertz CT molecular complexity index is 1080. The van der Waals surface area contributed by atoms with E-state index in [1.54, 1.807) is 0 Å². The SMILES string of the molecule is COC(=O)[C@H](CCCCCCCc1ccc2c(n1)NCCC2)NC(=O)C1=C(c2ccccc2)CCCC1. The summed E-state index contributed by atoms with van der Waals surface area (Å²) in [6, 6.07) is 13.9. The summed E-state index contributed by atoms with van der Waals surface area (Å²) in [7, 11) is 1.39. The number of esters is 1. The van der Waals surface area contributed by atoms with Gasteiger partial charge in [-0.25, -0.2) is 9.78 Å². The minimum Gasteiger partial charge on any atom is -0.467 e. The zero-order valence-corrected chi connectivity index (χ0v) is 22.2. The molecule has 1 aliphatic carbocycles. The van der Waals surface area contributed by atoms with Crippen LogP contribution in [-0.4, -0.2) is 36.6 Å². The van der Waals surface area contributed by atoms with Gasteiger partial charge in [0.1, 0.15) is 11.9 Å². The third kappa shape index (κ3) is 7.67. The van der Waals surface area contributed by atoms with Crippen molar-refractivity contribution in [2.75, 3.05) is 19.0 Å². The number of aromatic nitrogens is 1. The monoisotopic (exact) mass is 503 g/mol. The predicted molar refractivity (Wildman–Crippen MR) is 148 cm³/mol. The Kier molecular flexibility index (Phi) is 10.2. The van der Waals surface area contributed by atoms with Crippen LogP contribution in [0, 0.1) is 0 Å². The van der Waals surface area contributed by atoms with Crippen molar-refractivity contribution in [1.82, 2.24) is 10.3 Å². The number of hydrogen-bond donors (Lipinski definition) is 2. The molecule has 198 valence electrons. The molecule has 2 heterocycles. The van der Waals surface area contributed by atoms with E-state index in [9.17, 15) is 9.59 Å². The Morgan fingerprint density at radius 2 is 1.73 bits per heavy atom. The second-order valence-electron chi connectivity index (χ2n) is 10.2. The molecule has 6 nitrogen and oxygen atoms in total. The fourth-order valence-electron chi connectivity index (χ4n) is 5.44. The summed E-state index contributed by atoms with van der Waals surface area (Å²) in [6.45, 7) is 1.02. The molecule has 37 heavy (non-hydrogen) atoms. The number of aryl methyl sites for hydroxylation is 2. The van der Waals surface area contributed by atoms with Crippen LogP contribution in [0.2, 0.25) is 0 Å². The topological polar surface area (TPSA) is 80.3 Å². The summed E-state index contributed by atoms with van der Waals surface area (Å²) < 4.78 is 5.01. The van der Waals surface area contributed by atoms with Crippen LogP contribution in [0.3, 0.4) is 0 Å². The molecule has 0 fully saturated rings. The summed E-state index contributed by atoms with van der Waals surface area (Å²) in [5, 5.41) is 6.41.